The highest BCUT2D eigenvalue weighted by Gasteiger charge is 2.17. The molecule has 2 aromatic rings. The van der Waals surface area contributed by atoms with Crippen LogP contribution in [-0.4, -0.2) is 22.0 Å². The van der Waals surface area contributed by atoms with Gasteiger partial charge in [0.15, 0.2) is 0 Å². The maximum absolute atomic E-state index is 12.0. The standard InChI is InChI=1S/C13H11BrN2O3/c1-7-11(13(18)19)10(6-15-7)16-12(17)8-2-4-9(14)5-3-8/h2-6,15H,1H3,(H,16,17)(H,18,19). The zero-order valence-electron chi connectivity index (χ0n) is 10.0. The smallest absolute Gasteiger partial charge is 0.339 e. The molecule has 0 fully saturated rings. The summed E-state index contributed by atoms with van der Waals surface area (Å²) >= 11 is 3.28. The number of halogens is 1. The van der Waals surface area contributed by atoms with Gasteiger partial charge in [-0.25, -0.2) is 4.79 Å². The average molecular weight is 323 g/mol. The second-order valence-electron chi connectivity index (χ2n) is 3.97. The molecule has 19 heavy (non-hydrogen) atoms. The number of anilines is 1. The number of aryl methyl sites for hydroxylation is 1. The Kier molecular flexibility index (Phi) is 3.71. The summed E-state index contributed by atoms with van der Waals surface area (Å²) in [6.07, 6.45) is 1.47. The number of aromatic nitrogens is 1. The molecule has 0 atom stereocenters. The van der Waals surface area contributed by atoms with E-state index in [4.69, 9.17) is 5.11 Å². The number of aromatic amines is 1. The van der Waals surface area contributed by atoms with Gasteiger partial charge in [-0.05, 0) is 31.2 Å². The lowest BCUT2D eigenvalue weighted by Gasteiger charge is -2.05. The molecule has 1 amide bonds. The molecule has 0 radical (unpaired) electrons. The van der Waals surface area contributed by atoms with E-state index in [9.17, 15) is 9.59 Å². The highest BCUT2D eigenvalue weighted by atomic mass is 79.9. The van der Waals surface area contributed by atoms with Crippen molar-refractivity contribution in [1.29, 1.82) is 0 Å². The molecule has 3 N–H and O–H groups in total. The minimum absolute atomic E-state index is 0.0745. The molecule has 0 aliphatic rings. The molecule has 0 aliphatic carbocycles. The van der Waals surface area contributed by atoms with Gasteiger partial charge in [-0.2, -0.15) is 0 Å². The minimum atomic E-state index is -1.08. The first kappa shape index (κ1) is 13.4. The Morgan fingerprint density at radius 2 is 1.89 bits per heavy atom. The number of benzene rings is 1. The van der Waals surface area contributed by atoms with Crippen molar-refractivity contribution < 1.29 is 14.7 Å². The summed E-state index contributed by atoms with van der Waals surface area (Å²) in [5.74, 6) is -1.43. The van der Waals surface area contributed by atoms with Crippen molar-refractivity contribution in [2.75, 3.05) is 5.32 Å². The predicted molar refractivity (Wildman–Crippen MR) is 74.6 cm³/mol. The van der Waals surface area contributed by atoms with Gasteiger partial charge >= 0.3 is 5.97 Å². The van der Waals surface area contributed by atoms with E-state index in [1.165, 1.54) is 6.20 Å². The van der Waals surface area contributed by atoms with Gasteiger partial charge in [-0.3, -0.25) is 4.79 Å². The lowest BCUT2D eigenvalue weighted by Crippen LogP contribution is -2.13. The molecule has 1 heterocycles. The highest BCUT2D eigenvalue weighted by Crippen LogP contribution is 2.20. The van der Waals surface area contributed by atoms with Crippen molar-refractivity contribution in [2.24, 2.45) is 0 Å². The van der Waals surface area contributed by atoms with Crippen molar-refractivity contribution in [1.82, 2.24) is 4.98 Å². The van der Waals surface area contributed by atoms with E-state index in [0.29, 0.717) is 11.3 Å². The minimum Gasteiger partial charge on any atom is -0.478 e. The number of nitrogens with one attached hydrogen (secondary N) is 2. The van der Waals surface area contributed by atoms with Crippen molar-refractivity contribution in [3.8, 4) is 0 Å². The van der Waals surface area contributed by atoms with Gasteiger partial charge in [-0.1, -0.05) is 15.9 Å². The third-order valence-electron chi connectivity index (χ3n) is 2.65. The molecular formula is C13H11BrN2O3. The first-order chi connectivity index (χ1) is 8.99. The van der Waals surface area contributed by atoms with Gasteiger partial charge in [0, 0.05) is 21.9 Å². The van der Waals surface area contributed by atoms with Crippen LogP contribution in [0.15, 0.2) is 34.9 Å². The van der Waals surface area contributed by atoms with Crippen LogP contribution in [-0.2, 0) is 0 Å². The van der Waals surface area contributed by atoms with Gasteiger partial charge in [0.2, 0.25) is 0 Å². The van der Waals surface area contributed by atoms with E-state index in [0.717, 1.165) is 4.47 Å². The number of carboxylic acid groups (broad SMARTS) is 1. The molecule has 0 spiro atoms. The summed E-state index contributed by atoms with van der Waals surface area (Å²) in [6.45, 7) is 1.64. The maximum Gasteiger partial charge on any atom is 0.339 e. The Morgan fingerprint density at radius 1 is 1.26 bits per heavy atom. The summed E-state index contributed by atoms with van der Waals surface area (Å²) in [6, 6.07) is 6.80. The Bertz CT molecular complexity index is 632. The molecule has 0 bridgehead atoms. The largest absolute Gasteiger partial charge is 0.478 e. The van der Waals surface area contributed by atoms with E-state index in [2.05, 4.69) is 26.2 Å². The molecule has 0 unspecified atom stereocenters. The Morgan fingerprint density at radius 3 is 2.47 bits per heavy atom. The summed E-state index contributed by atoms with van der Waals surface area (Å²) in [5, 5.41) is 11.7. The average Bonchev–Trinajstić information content (AvgIpc) is 2.71. The molecular weight excluding hydrogens is 312 g/mol. The quantitative estimate of drug-likeness (QED) is 0.812. The molecule has 2 rings (SSSR count). The number of carboxylic acids is 1. The van der Waals surface area contributed by atoms with Crippen molar-refractivity contribution in [3.05, 3.63) is 51.8 Å². The number of carbonyl (C=O) groups is 2. The fraction of sp³-hybridized carbons (Fsp3) is 0.0769. The second-order valence-corrected chi connectivity index (χ2v) is 4.88. The molecule has 1 aromatic heterocycles. The van der Waals surface area contributed by atoms with E-state index in [1.54, 1.807) is 31.2 Å². The summed E-state index contributed by atoms with van der Waals surface area (Å²) in [7, 11) is 0. The lowest BCUT2D eigenvalue weighted by atomic mass is 10.2. The molecule has 5 nitrogen and oxygen atoms in total. The van der Waals surface area contributed by atoms with E-state index < -0.39 is 5.97 Å². The van der Waals surface area contributed by atoms with Crippen molar-refractivity contribution >= 4 is 33.5 Å². The highest BCUT2D eigenvalue weighted by molar-refractivity contribution is 9.10. The number of H-pyrrole nitrogens is 1. The fourth-order valence-corrected chi connectivity index (χ4v) is 1.96. The normalized spacial score (nSPS) is 10.2. The Hall–Kier alpha value is -2.08. The number of amides is 1. The fourth-order valence-electron chi connectivity index (χ4n) is 1.70. The van der Waals surface area contributed by atoms with Gasteiger partial charge < -0.3 is 15.4 Å². The van der Waals surface area contributed by atoms with Gasteiger partial charge in [0.1, 0.15) is 5.56 Å². The number of rotatable bonds is 3. The van der Waals surface area contributed by atoms with Crippen LogP contribution < -0.4 is 5.32 Å². The van der Waals surface area contributed by atoms with Crippen LogP contribution in [0.4, 0.5) is 5.69 Å². The monoisotopic (exact) mass is 322 g/mol. The van der Waals surface area contributed by atoms with E-state index in [-0.39, 0.29) is 17.2 Å². The number of aromatic carboxylic acids is 1. The zero-order chi connectivity index (χ0) is 14.0. The van der Waals surface area contributed by atoms with Crippen LogP contribution >= 0.6 is 15.9 Å². The molecule has 1 aromatic carbocycles. The third kappa shape index (κ3) is 2.85. The van der Waals surface area contributed by atoms with Crippen LogP contribution in [0.25, 0.3) is 0 Å². The van der Waals surface area contributed by atoms with Crippen LogP contribution in [0.5, 0.6) is 0 Å². The van der Waals surface area contributed by atoms with Gasteiger partial charge in [0.05, 0.1) is 5.69 Å². The first-order valence-corrected chi connectivity index (χ1v) is 6.26. The first-order valence-electron chi connectivity index (χ1n) is 5.47. The van der Waals surface area contributed by atoms with Crippen LogP contribution in [0.2, 0.25) is 0 Å². The summed E-state index contributed by atoms with van der Waals surface area (Å²) in [5.41, 5.74) is 1.29. The molecule has 98 valence electrons. The van der Waals surface area contributed by atoms with Crippen LogP contribution in [0.3, 0.4) is 0 Å². The van der Waals surface area contributed by atoms with E-state index >= 15 is 0 Å². The Balaban J connectivity index is 2.24. The second kappa shape index (κ2) is 5.27. The van der Waals surface area contributed by atoms with Gasteiger partial charge in [0.25, 0.3) is 5.91 Å². The molecule has 0 aliphatic heterocycles. The van der Waals surface area contributed by atoms with E-state index in [1.807, 2.05) is 0 Å². The Labute approximate surface area is 117 Å². The number of carbonyl (C=O) groups excluding carboxylic acids is 1. The molecule has 6 heteroatoms. The van der Waals surface area contributed by atoms with Crippen LogP contribution in [0, 0.1) is 6.92 Å². The van der Waals surface area contributed by atoms with Gasteiger partial charge in [-0.15, -0.1) is 0 Å². The SMILES string of the molecule is Cc1[nH]cc(NC(=O)c2ccc(Br)cc2)c1C(=O)O. The summed E-state index contributed by atoms with van der Waals surface area (Å²) in [4.78, 5) is 25.8. The predicted octanol–water partition coefficient (Wildman–Crippen LogP) is 3.04. The molecule has 0 saturated carbocycles. The topological polar surface area (TPSA) is 82.2 Å². The van der Waals surface area contributed by atoms with Crippen LogP contribution in [0.1, 0.15) is 26.4 Å². The summed E-state index contributed by atoms with van der Waals surface area (Å²) < 4.78 is 0.868. The molecule has 0 saturated heterocycles. The zero-order valence-corrected chi connectivity index (χ0v) is 11.6. The third-order valence-corrected chi connectivity index (χ3v) is 3.17. The number of hydrogen-bond acceptors (Lipinski definition) is 2. The lowest BCUT2D eigenvalue weighted by molar-refractivity contribution is 0.0697. The van der Waals surface area contributed by atoms with Crippen molar-refractivity contribution in [2.45, 2.75) is 6.92 Å². The number of hydrogen-bond donors (Lipinski definition) is 3. The van der Waals surface area contributed by atoms with Crippen molar-refractivity contribution in [3.63, 3.8) is 0 Å². The maximum atomic E-state index is 12.0.